The maximum absolute atomic E-state index is 10.5. The van der Waals surface area contributed by atoms with E-state index in [2.05, 4.69) is 4.74 Å². The average Bonchev–Trinajstić information content (AvgIpc) is 2.02. The van der Waals surface area contributed by atoms with Crippen molar-refractivity contribution in [1.82, 2.24) is 0 Å². The van der Waals surface area contributed by atoms with Crippen LogP contribution in [0.4, 0.5) is 0 Å². The Morgan fingerprint density at radius 1 is 1.75 bits per heavy atom. The number of nitrogens with zero attached hydrogens (tertiary/aromatic N) is 1. The van der Waals surface area contributed by atoms with Gasteiger partial charge >= 0.3 is 5.97 Å². The first-order chi connectivity index (χ1) is 5.57. The molecule has 0 aromatic rings. The van der Waals surface area contributed by atoms with E-state index in [1.165, 1.54) is 0 Å². The maximum Gasteiger partial charge on any atom is 0.334 e. The highest BCUT2D eigenvalue weighted by atomic mass is 16.6. The van der Waals surface area contributed by atoms with E-state index >= 15 is 0 Å². The quantitative estimate of drug-likeness (QED) is 0.350. The van der Waals surface area contributed by atoms with E-state index in [-0.39, 0.29) is 19.4 Å². The summed E-state index contributed by atoms with van der Waals surface area (Å²) in [6.45, 7) is -0.242. The third-order valence-electron chi connectivity index (χ3n) is 1.29. The number of hydrogen-bond acceptors (Lipinski definition) is 5. The van der Waals surface area contributed by atoms with Gasteiger partial charge in [0, 0.05) is 11.3 Å². The zero-order valence-electron chi connectivity index (χ0n) is 6.73. The van der Waals surface area contributed by atoms with Gasteiger partial charge in [-0.1, -0.05) is 0 Å². The van der Waals surface area contributed by atoms with E-state index in [0.29, 0.717) is 0 Å². The lowest BCUT2D eigenvalue weighted by Gasteiger charge is -2.05. The van der Waals surface area contributed by atoms with Crippen molar-refractivity contribution in [3.05, 3.63) is 10.1 Å². The Kier molecular flexibility index (Phi) is 4.94. The van der Waals surface area contributed by atoms with E-state index in [0.717, 1.165) is 7.11 Å². The molecule has 0 rings (SSSR count). The van der Waals surface area contributed by atoms with Gasteiger partial charge in [-0.3, -0.25) is 10.1 Å². The Morgan fingerprint density at radius 3 is 2.75 bits per heavy atom. The Balaban J connectivity index is 3.50. The highest BCUT2D eigenvalue weighted by molar-refractivity contribution is 5.74. The van der Waals surface area contributed by atoms with Gasteiger partial charge in [0.15, 0.2) is 6.10 Å². The summed E-state index contributed by atoms with van der Waals surface area (Å²) < 4.78 is 4.21. The standard InChI is InChI=1S/C6H11NO5/c1-12-6(9)5(8)3-2-4-7(10)11/h5,8H,2-4H2,1H3/t5-/m0/s1. The molecule has 0 unspecified atom stereocenters. The van der Waals surface area contributed by atoms with E-state index in [1.807, 2.05) is 0 Å². The highest BCUT2D eigenvalue weighted by Crippen LogP contribution is 1.98. The van der Waals surface area contributed by atoms with Crippen LogP contribution in [0, 0.1) is 10.1 Å². The van der Waals surface area contributed by atoms with Gasteiger partial charge < -0.3 is 9.84 Å². The lowest BCUT2D eigenvalue weighted by molar-refractivity contribution is -0.480. The van der Waals surface area contributed by atoms with Crippen LogP contribution in [-0.4, -0.2) is 35.8 Å². The van der Waals surface area contributed by atoms with Gasteiger partial charge in [0.25, 0.3) is 0 Å². The molecule has 0 fully saturated rings. The predicted octanol–water partition coefficient (Wildman–Crippen LogP) is -0.423. The lowest BCUT2D eigenvalue weighted by atomic mass is 10.2. The summed E-state index contributed by atoms with van der Waals surface area (Å²) in [7, 11) is 1.15. The Morgan fingerprint density at radius 2 is 2.33 bits per heavy atom. The highest BCUT2D eigenvalue weighted by Gasteiger charge is 2.15. The molecule has 0 aromatic carbocycles. The van der Waals surface area contributed by atoms with Gasteiger partial charge in [-0.25, -0.2) is 4.79 Å². The first-order valence-electron chi connectivity index (χ1n) is 3.45. The second-order valence-corrected chi connectivity index (χ2v) is 2.24. The summed E-state index contributed by atoms with van der Waals surface area (Å²) in [5.74, 6) is -0.752. The molecule has 1 N–H and O–H groups in total. The van der Waals surface area contributed by atoms with Crippen LogP contribution in [0.25, 0.3) is 0 Å². The number of methoxy groups -OCH3 is 1. The number of esters is 1. The minimum atomic E-state index is -1.24. The summed E-state index contributed by atoms with van der Waals surface area (Å²) in [6.07, 6.45) is -1.01. The van der Waals surface area contributed by atoms with Crippen molar-refractivity contribution in [2.45, 2.75) is 18.9 Å². The molecular formula is C6H11NO5. The minimum absolute atomic E-state index is 0.0631. The summed E-state index contributed by atoms with van der Waals surface area (Å²) in [5, 5.41) is 18.8. The molecule has 0 aliphatic rings. The van der Waals surface area contributed by atoms with Crippen LogP contribution in [0.2, 0.25) is 0 Å². The van der Waals surface area contributed by atoms with Crippen LogP contribution < -0.4 is 0 Å². The van der Waals surface area contributed by atoms with Crippen molar-refractivity contribution in [3.63, 3.8) is 0 Å². The van der Waals surface area contributed by atoms with Gasteiger partial charge in [-0.2, -0.15) is 0 Å². The molecule has 0 bridgehead atoms. The predicted molar refractivity (Wildman–Crippen MR) is 39.1 cm³/mol. The van der Waals surface area contributed by atoms with Gasteiger partial charge in [0.05, 0.1) is 7.11 Å². The molecule has 0 saturated heterocycles. The fraction of sp³-hybridized carbons (Fsp3) is 0.833. The third kappa shape index (κ3) is 4.62. The summed E-state index contributed by atoms with van der Waals surface area (Å²) in [6, 6.07) is 0. The van der Waals surface area contributed by atoms with E-state index in [4.69, 9.17) is 5.11 Å². The molecule has 0 radical (unpaired) electrons. The first-order valence-corrected chi connectivity index (χ1v) is 3.45. The molecule has 6 nitrogen and oxygen atoms in total. The molecule has 0 spiro atoms. The number of carbonyl (C=O) groups excluding carboxylic acids is 1. The zero-order chi connectivity index (χ0) is 9.56. The summed E-state index contributed by atoms with van der Waals surface area (Å²) in [4.78, 5) is 19.9. The summed E-state index contributed by atoms with van der Waals surface area (Å²) in [5.41, 5.74) is 0. The molecule has 0 saturated carbocycles. The van der Waals surface area contributed by atoms with Crippen LogP contribution in [0.15, 0.2) is 0 Å². The van der Waals surface area contributed by atoms with Gasteiger partial charge in [0.2, 0.25) is 6.54 Å². The van der Waals surface area contributed by atoms with E-state index in [9.17, 15) is 14.9 Å². The Labute approximate surface area is 69.3 Å². The molecule has 12 heavy (non-hydrogen) atoms. The molecule has 0 aliphatic carbocycles. The number of carbonyl (C=O) groups is 1. The van der Waals surface area contributed by atoms with Crippen molar-refractivity contribution >= 4 is 5.97 Å². The number of hydrogen-bond donors (Lipinski definition) is 1. The van der Waals surface area contributed by atoms with Crippen LogP contribution in [-0.2, 0) is 9.53 Å². The zero-order valence-corrected chi connectivity index (χ0v) is 6.73. The molecule has 1 atom stereocenters. The van der Waals surface area contributed by atoms with Gasteiger partial charge in [-0.05, 0) is 6.42 Å². The third-order valence-corrected chi connectivity index (χ3v) is 1.29. The SMILES string of the molecule is COC(=O)[C@@H](O)CCC[N+](=O)[O-]. The van der Waals surface area contributed by atoms with Crippen molar-refractivity contribution in [1.29, 1.82) is 0 Å². The average molecular weight is 177 g/mol. The van der Waals surface area contributed by atoms with Gasteiger partial charge in [0.1, 0.15) is 0 Å². The second kappa shape index (κ2) is 5.48. The molecule has 0 aliphatic heterocycles. The van der Waals surface area contributed by atoms with Crippen molar-refractivity contribution in [3.8, 4) is 0 Å². The van der Waals surface area contributed by atoms with E-state index in [1.54, 1.807) is 0 Å². The fourth-order valence-electron chi connectivity index (χ4n) is 0.668. The van der Waals surface area contributed by atoms with Crippen molar-refractivity contribution < 1.29 is 19.6 Å². The maximum atomic E-state index is 10.5. The van der Waals surface area contributed by atoms with Crippen LogP contribution in [0.3, 0.4) is 0 Å². The number of rotatable bonds is 5. The van der Waals surface area contributed by atoms with E-state index < -0.39 is 17.0 Å². The number of ether oxygens (including phenoxy) is 1. The van der Waals surface area contributed by atoms with Crippen molar-refractivity contribution in [2.24, 2.45) is 0 Å². The molecule has 0 aromatic heterocycles. The van der Waals surface area contributed by atoms with Crippen molar-refractivity contribution in [2.75, 3.05) is 13.7 Å². The monoisotopic (exact) mass is 177 g/mol. The smallest absolute Gasteiger partial charge is 0.334 e. The normalized spacial score (nSPS) is 12.2. The first kappa shape index (κ1) is 10.8. The van der Waals surface area contributed by atoms with Crippen LogP contribution in [0.1, 0.15) is 12.8 Å². The molecule has 0 amide bonds. The fourth-order valence-corrected chi connectivity index (χ4v) is 0.668. The molecule has 0 heterocycles. The Bertz CT molecular complexity index is 169. The topological polar surface area (TPSA) is 89.7 Å². The van der Waals surface area contributed by atoms with Crippen LogP contribution in [0.5, 0.6) is 0 Å². The summed E-state index contributed by atoms with van der Waals surface area (Å²) >= 11 is 0. The number of aliphatic hydroxyl groups excluding tert-OH is 1. The number of nitro groups is 1. The largest absolute Gasteiger partial charge is 0.467 e. The van der Waals surface area contributed by atoms with Crippen LogP contribution >= 0.6 is 0 Å². The molecular weight excluding hydrogens is 166 g/mol. The Hall–Kier alpha value is -1.17. The second-order valence-electron chi connectivity index (χ2n) is 2.24. The minimum Gasteiger partial charge on any atom is -0.467 e. The number of aliphatic hydroxyl groups is 1. The van der Waals surface area contributed by atoms with Gasteiger partial charge in [-0.15, -0.1) is 0 Å². The molecule has 70 valence electrons. The lowest BCUT2D eigenvalue weighted by Crippen LogP contribution is -2.22. The molecule has 6 heteroatoms.